The van der Waals surface area contributed by atoms with Gasteiger partial charge in [0.25, 0.3) is 0 Å². The van der Waals surface area contributed by atoms with E-state index < -0.39 is 11.9 Å². The molecule has 0 spiro atoms. The molecule has 7 heteroatoms. The standard InChI is InChI=1S/C10H8N2O4S/c1-3-2-4(9(13)14)5-6(11)7(10(15)16)17-8(5)12-3/h2H,11H2,1H3,(H,13,14)(H,15,16). The van der Waals surface area contributed by atoms with Crippen molar-refractivity contribution in [3.05, 3.63) is 22.2 Å². The third-order valence-electron chi connectivity index (χ3n) is 2.25. The van der Waals surface area contributed by atoms with Crippen LogP contribution in [-0.4, -0.2) is 27.1 Å². The maximum absolute atomic E-state index is 11.1. The van der Waals surface area contributed by atoms with Crippen LogP contribution in [0, 0.1) is 6.92 Å². The predicted molar refractivity (Wildman–Crippen MR) is 62.7 cm³/mol. The minimum absolute atomic E-state index is 0.0197. The second-order valence-corrected chi connectivity index (χ2v) is 4.45. The number of carbonyl (C=O) groups is 2. The van der Waals surface area contributed by atoms with E-state index in [1.165, 1.54) is 6.07 Å². The van der Waals surface area contributed by atoms with Gasteiger partial charge in [-0.3, -0.25) is 0 Å². The van der Waals surface area contributed by atoms with Gasteiger partial charge in [-0.25, -0.2) is 14.6 Å². The number of aromatic carboxylic acids is 2. The van der Waals surface area contributed by atoms with Crippen molar-refractivity contribution < 1.29 is 19.8 Å². The zero-order valence-electron chi connectivity index (χ0n) is 8.72. The van der Waals surface area contributed by atoms with E-state index in [0.717, 1.165) is 11.3 Å². The van der Waals surface area contributed by atoms with Crippen molar-refractivity contribution >= 4 is 39.2 Å². The highest BCUT2D eigenvalue weighted by Crippen LogP contribution is 2.35. The summed E-state index contributed by atoms with van der Waals surface area (Å²) in [6.45, 7) is 1.64. The number of aryl methyl sites for hydroxylation is 1. The number of nitrogens with two attached hydrogens (primary N) is 1. The topological polar surface area (TPSA) is 114 Å². The monoisotopic (exact) mass is 252 g/mol. The summed E-state index contributed by atoms with van der Waals surface area (Å²) in [5, 5.41) is 18.2. The van der Waals surface area contributed by atoms with E-state index in [0.29, 0.717) is 10.5 Å². The SMILES string of the molecule is Cc1cc(C(=O)O)c2c(N)c(C(=O)O)sc2n1. The molecule has 0 saturated heterocycles. The molecule has 0 fully saturated rings. The van der Waals surface area contributed by atoms with Crippen LogP contribution in [0.3, 0.4) is 0 Å². The maximum atomic E-state index is 11.1. The normalized spacial score (nSPS) is 10.6. The Hall–Kier alpha value is -2.15. The van der Waals surface area contributed by atoms with Gasteiger partial charge in [-0.15, -0.1) is 11.3 Å². The Labute approximate surface area is 99.3 Å². The Morgan fingerprint density at radius 3 is 2.53 bits per heavy atom. The van der Waals surface area contributed by atoms with Crippen LogP contribution in [0.15, 0.2) is 6.07 Å². The number of pyridine rings is 1. The fourth-order valence-electron chi connectivity index (χ4n) is 1.57. The predicted octanol–water partition coefficient (Wildman–Crippen LogP) is 1.58. The van der Waals surface area contributed by atoms with Gasteiger partial charge in [0.1, 0.15) is 9.71 Å². The molecular weight excluding hydrogens is 244 g/mol. The van der Waals surface area contributed by atoms with E-state index in [1.54, 1.807) is 6.92 Å². The van der Waals surface area contributed by atoms with Crippen molar-refractivity contribution in [1.82, 2.24) is 4.98 Å². The number of fused-ring (bicyclic) bond motifs is 1. The van der Waals surface area contributed by atoms with E-state index in [2.05, 4.69) is 4.98 Å². The van der Waals surface area contributed by atoms with E-state index in [4.69, 9.17) is 15.9 Å². The Kier molecular flexibility index (Phi) is 2.47. The zero-order chi connectivity index (χ0) is 12.7. The molecule has 88 valence electrons. The van der Waals surface area contributed by atoms with Crippen LogP contribution in [0.4, 0.5) is 5.69 Å². The third-order valence-corrected chi connectivity index (χ3v) is 3.34. The molecule has 2 aromatic rings. The summed E-state index contributed by atoms with van der Waals surface area (Å²) in [4.78, 5) is 26.3. The Morgan fingerprint density at radius 2 is 2.00 bits per heavy atom. The molecule has 0 aliphatic rings. The molecule has 2 aromatic heterocycles. The number of rotatable bonds is 2. The molecule has 4 N–H and O–H groups in total. The smallest absolute Gasteiger partial charge is 0.348 e. The first-order valence-electron chi connectivity index (χ1n) is 4.58. The van der Waals surface area contributed by atoms with Gasteiger partial charge in [0.2, 0.25) is 0 Å². The van der Waals surface area contributed by atoms with Gasteiger partial charge < -0.3 is 15.9 Å². The van der Waals surface area contributed by atoms with Gasteiger partial charge in [0.05, 0.1) is 11.3 Å². The van der Waals surface area contributed by atoms with Crippen molar-refractivity contribution in [2.24, 2.45) is 0 Å². The molecule has 17 heavy (non-hydrogen) atoms. The minimum atomic E-state index is -1.18. The maximum Gasteiger partial charge on any atom is 0.348 e. The molecule has 0 amide bonds. The van der Waals surface area contributed by atoms with Crippen molar-refractivity contribution in [3.8, 4) is 0 Å². The fourth-order valence-corrected chi connectivity index (χ4v) is 2.58. The molecule has 0 aliphatic heterocycles. The quantitative estimate of drug-likeness (QED) is 0.747. The largest absolute Gasteiger partial charge is 0.478 e. The average Bonchev–Trinajstić information content (AvgIpc) is 2.54. The lowest BCUT2D eigenvalue weighted by atomic mass is 10.1. The highest BCUT2D eigenvalue weighted by molar-refractivity contribution is 7.21. The number of thiophene rings is 1. The van der Waals surface area contributed by atoms with Crippen molar-refractivity contribution in [3.63, 3.8) is 0 Å². The number of nitrogens with zero attached hydrogens (tertiary/aromatic N) is 1. The number of aromatic nitrogens is 1. The van der Waals surface area contributed by atoms with Gasteiger partial charge in [0.15, 0.2) is 0 Å². The molecule has 0 saturated carbocycles. The lowest BCUT2D eigenvalue weighted by molar-refractivity contribution is 0.0688. The van der Waals surface area contributed by atoms with Gasteiger partial charge in [-0.1, -0.05) is 0 Å². The molecular formula is C10H8N2O4S. The summed E-state index contributed by atoms with van der Waals surface area (Å²) in [7, 11) is 0. The van der Waals surface area contributed by atoms with E-state index in [9.17, 15) is 9.59 Å². The average molecular weight is 252 g/mol. The number of carboxylic acid groups (broad SMARTS) is 2. The second kappa shape index (κ2) is 3.70. The minimum Gasteiger partial charge on any atom is -0.478 e. The summed E-state index contributed by atoms with van der Waals surface area (Å²) < 4.78 is 0. The van der Waals surface area contributed by atoms with Crippen LogP contribution < -0.4 is 5.73 Å². The van der Waals surface area contributed by atoms with Gasteiger partial charge in [-0.05, 0) is 13.0 Å². The summed E-state index contributed by atoms with van der Waals surface area (Å²) in [5.74, 6) is -2.33. The van der Waals surface area contributed by atoms with E-state index >= 15 is 0 Å². The van der Waals surface area contributed by atoms with Gasteiger partial charge in [-0.2, -0.15) is 0 Å². The third kappa shape index (κ3) is 1.70. The Bertz CT molecular complexity index is 647. The second-order valence-electron chi connectivity index (χ2n) is 3.45. The highest BCUT2D eigenvalue weighted by Gasteiger charge is 2.21. The van der Waals surface area contributed by atoms with Crippen LogP contribution >= 0.6 is 11.3 Å². The number of hydrogen-bond donors (Lipinski definition) is 3. The van der Waals surface area contributed by atoms with Crippen LogP contribution in [0.2, 0.25) is 0 Å². The highest BCUT2D eigenvalue weighted by atomic mass is 32.1. The number of anilines is 1. The molecule has 2 heterocycles. The summed E-state index contributed by atoms with van der Waals surface area (Å²) in [5.41, 5.74) is 6.10. The van der Waals surface area contributed by atoms with Crippen LogP contribution in [-0.2, 0) is 0 Å². The van der Waals surface area contributed by atoms with Crippen LogP contribution in [0.1, 0.15) is 25.7 Å². The van der Waals surface area contributed by atoms with E-state index in [-0.39, 0.29) is 21.5 Å². The molecule has 2 rings (SSSR count). The lowest BCUT2D eigenvalue weighted by Crippen LogP contribution is -2.02. The van der Waals surface area contributed by atoms with Gasteiger partial charge >= 0.3 is 11.9 Å². The first-order valence-corrected chi connectivity index (χ1v) is 5.39. The molecule has 0 bridgehead atoms. The first-order chi connectivity index (χ1) is 7.91. The molecule has 0 radical (unpaired) electrons. The Morgan fingerprint density at radius 1 is 1.35 bits per heavy atom. The summed E-state index contributed by atoms with van der Waals surface area (Å²) >= 11 is 0.879. The van der Waals surface area contributed by atoms with Crippen molar-refractivity contribution in [1.29, 1.82) is 0 Å². The van der Waals surface area contributed by atoms with Gasteiger partial charge in [0, 0.05) is 11.1 Å². The molecule has 0 atom stereocenters. The molecule has 0 aromatic carbocycles. The first kappa shape index (κ1) is 11.3. The van der Waals surface area contributed by atoms with Crippen molar-refractivity contribution in [2.45, 2.75) is 6.92 Å². The number of hydrogen-bond acceptors (Lipinski definition) is 5. The number of carboxylic acids is 2. The zero-order valence-corrected chi connectivity index (χ0v) is 9.54. The Balaban J connectivity index is 2.92. The number of nitrogen functional groups attached to an aromatic ring is 1. The van der Waals surface area contributed by atoms with Crippen molar-refractivity contribution in [2.75, 3.05) is 5.73 Å². The summed E-state index contributed by atoms with van der Waals surface area (Å²) in [6.07, 6.45) is 0. The van der Waals surface area contributed by atoms with E-state index in [1.807, 2.05) is 0 Å². The summed E-state index contributed by atoms with van der Waals surface area (Å²) in [6, 6.07) is 1.37. The molecule has 0 aliphatic carbocycles. The lowest BCUT2D eigenvalue weighted by Gasteiger charge is -2.00. The molecule has 6 nitrogen and oxygen atoms in total. The fraction of sp³-hybridized carbons (Fsp3) is 0.100. The van der Waals surface area contributed by atoms with Crippen LogP contribution in [0.5, 0.6) is 0 Å². The van der Waals surface area contributed by atoms with Crippen LogP contribution in [0.25, 0.3) is 10.2 Å². The molecule has 0 unspecified atom stereocenters.